The molecule has 2 rings (SSSR count). The van der Waals surface area contributed by atoms with Crippen molar-refractivity contribution in [1.82, 2.24) is 5.32 Å². The Hall–Kier alpha value is -3.08. The molecule has 0 fully saturated rings. The fourth-order valence-electron chi connectivity index (χ4n) is 2.86. The van der Waals surface area contributed by atoms with Crippen LogP contribution in [0.5, 0.6) is 0 Å². The number of carboxylic acid groups (broad SMARTS) is 1. The number of rotatable bonds is 9. The molecule has 0 aliphatic rings. The van der Waals surface area contributed by atoms with Crippen LogP contribution in [0.4, 0.5) is 26.3 Å². The molecule has 0 aliphatic carbocycles. The van der Waals surface area contributed by atoms with Crippen molar-refractivity contribution in [3.05, 3.63) is 70.8 Å². The molecular weight excluding hydrogens is 444 g/mol. The average molecular weight is 463 g/mol. The van der Waals surface area contributed by atoms with Gasteiger partial charge in [-0.1, -0.05) is 30.3 Å². The lowest BCUT2D eigenvalue weighted by Gasteiger charge is -2.19. The Kier molecular flexibility index (Phi) is 8.25. The number of carbonyl (C=O) groups excluding carboxylic acids is 1. The maximum atomic E-state index is 13.0. The summed E-state index contributed by atoms with van der Waals surface area (Å²) in [5, 5.41) is 11.1. The van der Waals surface area contributed by atoms with Gasteiger partial charge < -0.3 is 15.2 Å². The van der Waals surface area contributed by atoms with Gasteiger partial charge in [-0.2, -0.15) is 26.3 Å². The number of ether oxygens (including phenoxy) is 1. The smallest absolute Gasteiger partial charge is 0.416 e. The standard InChI is InChI=1S/C21H19F6NO4/c22-20(23,24)16-6-13(7-17(8-16)21(25,26)27)11-32-12-15(14-4-2-1-3-5-14)10-28-18(29)9-19(30)31/h1-8,15H,9-12H2,(H,28,29)(H,30,31). The van der Waals surface area contributed by atoms with Crippen LogP contribution in [0.1, 0.15) is 34.6 Å². The molecule has 0 heterocycles. The maximum Gasteiger partial charge on any atom is 0.416 e. The van der Waals surface area contributed by atoms with Gasteiger partial charge in [0, 0.05) is 12.5 Å². The Morgan fingerprint density at radius 1 is 0.938 bits per heavy atom. The number of hydrogen-bond donors (Lipinski definition) is 2. The zero-order chi connectivity index (χ0) is 23.9. The number of aliphatic carboxylic acids is 1. The summed E-state index contributed by atoms with van der Waals surface area (Å²) in [5.41, 5.74) is -2.50. The second kappa shape index (κ2) is 10.5. The number of alkyl halides is 6. The number of benzene rings is 2. The van der Waals surface area contributed by atoms with Crippen LogP contribution in [0, 0.1) is 0 Å². The van der Waals surface area contributed by atoms with E-state index in [0.717, 1.165) is 0 Å². The monoisotopic (exact) mass is 463 g/mol. The predicted octanol–water partition coefficient (Wildman–Crippen LogP) is 4.62. The largest absolute Gasteiger partial charge is 0.481 e. The van der Waals surface area contributed by atoms with Gasteiger partial charge in [-0.15, -0.1) is 0 Å². The topological polar surface area (TPSA) is 75.6 Å². The highest BCUT2D eigenvalue weighted by molar-refractivity contribution is 5.93. The Morgan fingerprint density at radius 2 is 1.50 bits per heavy atom. The van der Waals surface area contributed by atoms with Crippen LogP contribution in [0.15, 0.2) is 48.5 Å². The van der Waals surface area contributed by atoms with Crippen LogP contribution in [0.2, 0.25) is 0 Å². The number of hydrogen-bond acceptors (Lipinski definition) is 3. The van der Waals surface area contributed by atoms with Gasteiger partial charge in [-0.05, 0) is 29.3 Å². The lowest BCUT2D eigenvalue weighted by atomic mass is 10.00. The van der Waals surface area contributed by atoms with Crippen molar-refractivity contribution in [2.75, 3.05) is 13.2 Å². The Balaban J connectivity index is 2.13. The van der Waals surface area contributed by atoms with E-state index in [1.165, 1.54) is 0 Å². The first kappa shape index (κ1) is 25.2. The van der Waals surface area contributed by atoms with Gasteiger partial charge in [-0.3, -0.25) is 9.59 Å². The first-order valence-electron chi connectivity index (χ1n) is 9.26. The third kappa shape index (κ3) is 7.88. The SMILES string of the molecule is O=C(O)CC(=O)NCC(COCc1cc(C(F)(F)F)cc(C(F)(F)F)c1)c1ccccc1. The molecule has 0 saturated heterocycles. The average Bonchev–Trinajstić information content (AvgIpc) is 2.69. The number of amides is 1. The minimum atomic E-state index is -4.96. The summed E-state index contributed by atoms with van der Waals surface area (Å²) in [5.74, 6) is -2.58. The molecule has 5 nitrogen and oxygen atoms in total. The fourth-order valence-corrected chi connectivity index (χ4v) is 2.86. The molecule has 0 spiro atoms. The summed E-state index contributed by atoms with van der Waals surface area (Å²) in [4.78, 5) is 22.2. The molecule has 32 heavy (non-hydrogen) atoms. The van der Waals surface area contributed by atoms with E-state index in [1.807, 2.05) is 0 Å². The second-order valence-corrected chi connectivity index (χ2v) is 6.91. The highest BCUT2D eigenvalue weighted by Crippen LogP contribution is 2.36. The molecule has 0 saturated carbocycles. The van der Waals surface area contributed by atoms with E-state index < -0.39 is 54.3 Å². The molecule has 2 N–H and O–H groups in total. The maximum absolute atomic E-state index is 13.0. The Morgan fingerprint density at radius 3 is 2.00 bits per heavy atom. The summed E-state index contributed by atoms with van der Waals surface area (Å²) >= 11 is 0. The Labute approximate surface area is 179 Å². The minimum Gasteiger partial charge on any atom is -0.481 e. The van der Waals surface area contributed by atoms with Crippen LogP contribution in [-0.2, 0) is 33.3 Å². The summed E-state index contributed by atoms with van der Waals surface area (Å²) in [6.45, 7) is -0.707. The normalized spacial score (nSPS) is 12.9. The molecule has 11 heteroatoms. The van der Waals surface area contributed by atoms with Crippen molar-refractivity contribution in [3.63, 3.8) is 0 Å². The van der Waals surface area contributed by atoms with E-state index in [1.54, 1.807) is 30.3 Å². The summed E-state index contributed by atoms with van der Waals surface area (Å²) < 4.78 is 83.3. The predicted molar refractivity (Wildman–Crippen MR) is 101 cm³/mol. The van der Waals surface area contributed by atoms with Gasteiger partial charge >= 0.3 is 18.3 Å². The fraction of sp³-hybridized carbons (Fsp3) is 0.333. The van der Waals surface area contributed by atoms with E-state index in [4.69, 9.17) is 9.84 Å². The third-order valence-corrected chi connectivity index (χ3v) is 4.36. The van der Waals surface area contributed by atoms with Gasteiger partial charge in [0.15, 0.2) is 0 Å². The van der Waals surface area contributed by atoms with Gasteiger partial charge in [-0.25, -0.2) is 0 Å². The third-order valence-electron chi connectivity index (χ3n) is 4.36. The van der Waals surface area contributed by atoms with Crippen LogP contribution < -0.4 is 5.32 Å². The first-order chi connectivity index (χ1) is 14.9. The van der Waals surface area contributed by atoms with Crippen molar-refractivity contribution >= 4 is 11.9 Å². The van der Waals surface area contributed by atoms with Gasteiger partial charge in [0.1, 0.15) is 6.42 Å². The number of nitrogens with one attached hydrogen (secondary N) is 1. The summed E-state index contributed by atoms with van der Waals surface area (Å²) in [6.07, 6.45) is -10.7. The first-order valence-corrected chi connectivity index (χ1v) is 9.26. The van der Waals surface area contributed by atoms with Crippen molar-refractivity contribution < 1.29 is 45.8 Å². The van der Waals surface area contributed by atoms with E-state index in [2.05, 4.69) is 5.32 Å². The number of carboxylic acids is 1. The number of halogens is 6. The molecule has 0 aliphatic heterocycles. The zero-order valence-electron chi connectivity index (χ0n) is 16.5. The molecule has 0 bridgehead atoms. The van der Waals surface area contributed by atoms with Crippen molar-refractivity contribution in [1.29, 1.82) is 0 Å². The lowest BCUT2D eigenvalue weighted by molar-refractivity contribution is -0.144. The highest BCUT2D eigenvalue weighted by Gasteiger charge is 2.36. The molecule has 2 aromatic carbocycles. The molecule has 0 radical (unpaired) electrons. The quantitative estimate of drug-likeness (QED) is 0.421. The van der Waals surface area contributed by atoms with E-state index >= 15 is 0 Å². The summed E-state index contributed by atoms with van der Waals surface area (Å²) in [6, 6.07) is 9.73. The van der Waals surface area contributed by atoms with Gasteiger partial charge in [0.05, 0.1) is 24.3 Å². The van der Waals surface area contributed by atoms with Crippen molar-refractivity contribution in [2.24, 2.45) is 0 Å². The molecule has 174 valence electrons. The summed E-state index contributed by atoms with van der Waals surface area (Å²) in [7, 11) is 0. The van der Waals surface area contributed by atoms with Crippen LogP contribution >= 0.6 is 0 Å². The molecule has 2 aromatic rings. The van der Waals surface area contributed by atoms with Crippen LogP contribution in [0.25, 0.3) is 0 Å². The second-order valence-electron chi connectivity index (χ2n) is 6.91. The van der Waals surface area contributed by atoms with Crippen LogP contribution in [0.3, 0.4) is 0 Å². The van der Waals surface area contributed by atoms with E-state index in [-0.39, 0.29) is 24.8 Å². The van der Waals surface area contributed by atoms with Gasteiger partial charge in [0.25, 0.3) is 0 Å². The van der Waals surface area contributed by atoms with Crippen molar-refractivity contribution in [3.8, 4) is 0 Å². The minimum absolute atomic E-state index is 0.0352. The number of carbonyl (C=O) groups is 2. The molecule has 1 unspecified atom stereocenters. The van der Waals surface area contributed by atoms with Crippen LogP contribution in [-0.4, -0.2) is 30.1 Å². The Bertz CT molecular complexity index is 896. The zero-order valence-corrected chi connectivity index (χ0v) is 16.5. The molecule has 1 amide bonds. The van der Waals surface area contributed by atoms with E-state index in [0.29, 0.717) is 17.7 Å². The molecular formula is C21H19F6NO4. The lowest BCUT2D eigenvalue weighted by Crippen LogP contribution is -2.31. The van der Waals surface area contributed by atoms with Gasteiger partial charge in [0.2, 0.25) is 5.91 Å². The molecule has 0 aromatic heterocycles. The highest BCUT2D eigenvalue weighted by atomic mass is 19.4. The molecule has 1 atom stereocenters. The van der Waals surface area contributed by atoms with E-state index in [9.17, 15) is 35.9 Å². The van der Waals surface area contributed by atoms with Crippen molar-refractivity contribution in [2.45, 2.75) is 31.3 Å².